The zero-order valence-electron chi connectivity index (χ0n) is 18.0. The van der Waals surface area contributed by atoms with Crippen molar-refractivity contribution in [3.63, 3.8) is 0 Å². The maximum absolute atomic E-state index is 13.1. The van der Waals surface area contributed by atoms with Crippen LogP contribution in [0.25, 0.3) is 0 Å². The summed E-state index contributed by atoms with van der Waals surface area (Å²) < 4.78 is 25.7. The number of hydrogen-bond acceptors (Lipinski definition) is 4. The maximum Gasteiger partial charge on any atom is 0.344 e. The summed E-state index contributed by atoms with van der Waals surface area (Å²) in [5, 5.41) is 0. The van der Waals surface area contributed by atoms with Crippen LogP contribution in [0.2, 0.25) is 0 Å². The van der Waals surface area contributed by atoms with Crippen LogP contribution in [0, 0.1) is 26.6 Å². The van der Waals surface area contributed by atoms with Gasteiger partial charge in [0.1, 0.15) is 11.6 Å². The smallest absolute Gasteiger partial charge is 0.344 e. The molecule has 1 aromatic heterocycles. The van der Waals surface area contributed by atoms with Gasteiger partial charge in [-0.1, -0.05) is 30.3 Å². The molecule has 0 aliphatic carbocycles. The minimum absolute atomic E-state index is 0.255. The van der Waals surface area contributed by atoms with E-state index < -0.39 is 5.97 Å². The van der Waals surface area contributed by atoms with Crippen LogP contribution in [0.3, 0.4) is 0 Å². The Morgan fingerprint density at radius 2 is 1.68 bits per heavy atom. The summed E-state index contributed by atoms with van der Waals surface area (Å²) in [6, 6.07) is 15.6. The molecule has 0 saturated carbocycles. The number of esters is 1. The topological polar surface area (TPSA) is 57.5 Å². The van der Waals surface area contributed by atoms with Crippen molar-refractivity contribution < 1.29 is 23.5 Å². The van der Waals surface area contributed by atoms with Crippen LogP contribution in [0.4, 0.5) is 4.39 Å². The molecule has 3 rings (SSSR count). The molecular weight excluding hydrogens is 397 g/mol. The van der Waals surface area contributed by atoms with Crippen molar-refractivity contribution in [1.82, 2.24) is 4.57 Å². The Bertz CT molecular complexity index is 1070. The van der Waals surface area contributed by atoms with Crippen molar-refractivity contribution in [1.29, 1.82) is 0 Å². The van der Waals surface area contributed by atoms with E-state index in [0.29, 0.717) is 17.9 Å². The number of aryl methyl sites for hydroxylation is 3. The number of carbonyl (C=O) groups excluding carboxylic acids is 2. The highest BCUT2D eigenvalue weighted by molar-refractivity contribution is 5.99. The van der Waals surface area contributed by atoms with Crippen molar-refractivity contribution in [2.75, 3.05) is 13.2 Å². The number of rotatable bonds is 9. The fourth-order valence-electron chi connectivity index (χ4n) is 3.44. The van der Waals surface area contributed by atoms with Crippen LogP contribution in [-0.4, -0.2) is 29.5 Å². The Labute approximate surface area is 181 Å². The van der Waals surface area contributed by atoms with E-state index in [1.54, 1.807) is 24.3 Å². The van der Waals surface area contributed by atoms with E-state index in [1.807, 2.05) is 43.5 Å². The minimum Gasteiger partial charge on any atom is -0.482 e. The predicted molar refractivity (Wildman–Crippen MR) is 116 cm³/mol. The molecule has 31 heavy (non-hydrogen) atoms. The highest BCUT2D eigenvalue weighted by atomic mass is 19.1. The molecule has 0 fully saturated rings. The lowest BCUT2D eigenvalue weighted by molar-refractivity contribution is -0.144. The summed E-state index contributed by atoms with van der Waals surface area (Å²) in [5.74, 6) is -0.508. The standard InChI is InChI=1S/C25H26FNO4/c1-17-6-4-5-7-24(17)30-16-25(29)31-15-23(28)22-14-18(2)27(19(22)3)13-12-20-8-10-21(26)11-9-20/h4-11,14H,12-13,15-16H2,1-3H3. The van der Waals surface area contributed by atoms with Gasteiger partial charge < -0.3 is 14.0 Å². The van der Waals surface area contributed by atoms with Gasteiger partial charge in [-0.2, -0.15) is 0 Å². The summed E-state index contributed by atoms with van der Waals surface area (Å²) in [5.41, 5.74) is 4.22. The van der Waals surface area contributed by atoms with Crippen molar-refractivity contribution in [3.05, 3.63) is 88.5 Å². The molecule has 162 valence electrons. The molecule has 0 amide bonds. The number of Topliss-reactive ketones (excluding diaryl/α,β-unsaturated/α-hetero) is 1. The second-order valence-corrected chi connectivity index (χ2v) is 7.45. The van der Waals surface area contributed by atoms with Gasteiger partial charge in [-0.15, -0.1) is 0 Å². The summed E-state index contributed by atoms with van der Waals surface area (Å²) >= 11 is 0. The summed E-state index contributed by atoms with van der Waals surface area (Å²) in [7, 11) is 0. The number of ketones is 1. The van der Waals surface area contributed by atoms with E-state index in [0.717, 1.165) is 28.9 Å². The molecule has 0 atom stereocenters. The average molecular weight is 423 g/mol. The first kappa shape index (κ1) is 22.3. The molecule has 1 heterocycles. The zero-order valence-corrected chi connectivity index (χ0v) is 18.0. The van der Waals surface area contributed by atoms with E-state index in [4.69, 9.17) is 9.47 Å². The van der Waals surface area contributed by atoms with Crippen LogP contribution in [0.5, 0.6) is 5.75 Å². The first-order chi connectivity index (χ1) is 14.8. The second kappa shape index (κ2) is 10.1. The molecule has 0 saturated heterocycles. The third kappa shape index (κ3) is 5.81. The van der Waals surface area contributed by atoms with Gasteiger partial charge in [-0.25, -0.2) is 9.18 Å². The number of benzene rings is 2. The minimum atomic E-state index is -0.596. The normalized spacial score (nSPS) is 10.7. The Morgan fingerprint density at radius 3 is 2.39 bits per heavy atom. The lowest BCUT2D eigenvalue weighted by Gasteiger charge is -2.10. The molecule has 3 aromatic rings. The molecular formula is C25H26FNO4. The number of ether oxygens (including phenoxy) is 2. The predicted octanol–water partition coefficient (Wildman–Crippen LogP) is 4.60. The van der Waals surface area contributed by atoms with E-state index >= 15 is 0 Å². The van der Waals surface area contributed by atoms with Gasteiger partial charge >= 0.3 is 5.97 Å². The van der Waals surface area contributed by atoms with Crippen molar-refractivity contribution in [2.24, 2.45) is 0 Å². The van der Waals surface area contributed by atoms with Gasteiger partial charge in [0.2, 0.25) is 5.78 Å². The van der Waals surface area contributed by atoms with Crippen molar-refractivity contribution >= 4 is 11.8 Å². The van der Waals surface area contributed by atoms with E-state index in [1.165, 1.54) is 12.1 Å². The third-order valence-electron chi connectivity index (χ3n) is 5.21. The SMILES string of the molecule is Cc1ccccc1OCC(=O)OCC(=O)c1cc(C)n(CCc2ccc(F)cc2)c1C. The number of para-hydroxylation sites is 1. The van der Waals surface area contributed by atoms with Gasteiger partial charge in [0, 0.05) is 23.5 Å². The maximum atomic E-state index is 13.1. The molecule has 6 heteroatoms. The molecule has 5 nitrogen and oxygen atoms in total. The fraction of sp³-hybridized carbons (Fsp3) is 0.280. The Balaban J connectivity index is 1.54. The van der Waals surface area contributed by atoms with Crippen molar-refractivity contribution in [2.45, 2.75) is 33.7 Å². The molecule has 0 unspecified atom stereocenters. The summed E-state index contributed by atoms with van der Waals surface area (Å²) in [4.78, 5) is 24.6. The Morgan fingerprint density at radius 1 is 0.968 bits per heavy atom. The van der Waals surface area contributed by atoms with E-state index in [9.17, 15) is 14.0 Å². The highest BCUT2D eigenvalue weighted by Crippen LogP contribution is 2.18. The van der Waals surface area contributed by atoms with Crippen molar-refractivity contribution in [3.8, 4) is 5.75 Å². The number of hydrogen-bond donors (Lipinski definition) is 0. The number of halogens is 1. The molecule has 0 aliphatic rings. The third-order valence-corrected chi connectivity index (χ3v) is 5.21. The highest BCUT2D eigenvalue weighted by Gasteiger charge is 2.17. The van der Waals surface area contributed by atoms with Crippen LogP contribution < -0.4 is 4.74 Å². The number of carbonyl (C=O) groups is 2. The van der Waals surface area contributed by atoms with E-state index in [2.05, 4.69) is 0 Å². The number of aromatic nitrogens is 1. The monoisotopic (exact) mass is 423 g/mol. The van der Waals surface area contributed by atoms with Gasteiger partial charge in [-0.3, -0.25) is 4.79 Å². The largest absolute Gasteiger partial charge is 0.482 e. The molecule has 0 aliphatic heterocycles. The summed E-state index contributed by atoms with van der Waals surface area (Å²) in [6.45, 7) is 5.76. The number of nitrogens with zero attached hydrogens (tertiary/aromatic N) is 1. The van der Waals surface area contributed by atoms with E-state index in [-0.39, 0.29) is 24.8 Å². The Kier molecular flexibility index (Phi) is 7.23. The van der Waals surface area contributed by atoms with Crippen LogP contribution in [0.15, 0.2) is 54.6 Å². The second-order valence-electron chi connectivity index (χ2n) is 7.45. The van der Waals surface area contributed by atoms with Gasteiger partial charge in [0.25, 0.3) is 0 Å². The lowest BCUT2D eigenvalue weighted by Crippen LogP contribution is -2.20. The van der Waals surface area contributed by atoms with Gasteiger partial charge in [0.15, 0.2) is 13.2 Å². The molecule has 0 radical (unpaired) electrons. The summed E-state index contributed by atoms with van der Waals surface area (Å²) in [6.07, 6.45) is 0.718. The molecule has 2 aromatic carbocycles. The molecule has 0 N–H and O–H groups in total. The zero-order chi connectivity index (χ0) is 22.4. The first-order valence-corrected chi connectivity index (χ1v) is 10.1. The van der Waals surface area contributed by atoms with Gasteiger partial charge in [-0.05, 0) is 62.6 Å². The molecule has 0 spiro atoms. The van der Waals surface area contributed by atoms with Crippen LogP contribution in [-0.2, 0) is 22.5 Å². The van der Waals surface area contributed by atoms with Gasteiger partial charge in [0.05, 0.1) is 0 Å². The quantitative estimate of drug-likeness (QED) is 0.373. The van der Waals surface area contributed by atoms with Crippen LogP contribution in [0.1, 0.15) is 32.9 Å². The lowest BCUT2D eigenvalue weighted by atomic mass is 10.1. The Hall–Kier alpha value is -3.41. The first-order valence-electron chi connectivity index (χ1n) is 10.1. The average Bonchev–Trinajstić information content (AvgIpc) is 3.04. The molecule has 0 bridgehead atoms. The van der Waals surface area contributed by atoms with Crippen LogP contribution >= 0.6 is 0 Å². The fourth-order valence-corrected chi connectivity index (χ4v) is 3.44.